The van der Waals surface area contributed by atoms with Crippen LogP contribution in [0.15, 0.2) is 0 Å². The summed E-state index contributed by atoms with van der Waals surface area (Å²) in [6.45, 7) is 5.60. The predicted molar refractivity (Wildman–Crippen MR) is 166 cm³/mol. The van der Waals surface area contributed by atoms with Crippen LogP contribution in [0.3, 0.4) is 0 Å². The molecule has 45 heavy (non-hydrogen) atoms. The number of aliphatic hydroxyl groups is 5. The minimum absolute atomic E-state index is 0.000917. The molecule has 0 bridgehead atoms. The first-order valence-corrected chi connectivity index (χ1v) is 17.5. The Labute approximate surface area is 271 Å². The molecule has 0 aromatic carbocycles. The molecular weight excluding hydrogens is 609 g/mol. The highest BCUT2D eigenvalue weighted by atomic mass is 35.5. The van der Waals surface area contributed by atoms with E-state index in [9.17, 15) is 25.2 Å². The van der Waals surface area contributed by atoms with Gasteiger partial charge in [-0.25, -0.2) is 4.39 Å². The Bertz CT molecular complexity index is 931. The third kappa shape index (κ3) is 9.26. The van der Waals surface area contributed by atoms with Gasteiger partial charge in [-0.2, -0.15) is 0 Å². The van der Waals surface area contributed by atoms with E-state index in [0.717, 1.165) is 45.4 Å². The van der Waals surface area contributed by atoms with Gasteiger partial charge in [-0.1, -0.05) is 0 Å². The van der Waals surface area contributed by atoms with Gasteiger partial charge in [-0.15, -0.1) is 11.6 Å². The van der Waals surface area contributed by atoms with Crippen molar-refractivity contribution in [3.05, 3.63) is 0 Å². The molecule has 1 aliphatic carbocycles. The molecule has 4 aliphatic heterocycles. The van der Waals surface area contributed by atoms with Gasteiger partial charge in [-0.05, 0) is 50.4 Å². The first-order valence-electron chi connectivity index (χ1n) is 17.1. The van der Waals surface area contributed by atoms with Crippen LogP contribution >= 0.6 is 11.6 Å². The number of carbonyl (C=O) groups is 1. The number of nitrogens with zero attached hydrogens (tertiary/aromatic N) is 3. The molecule has 0 radical (unpaired) electrons. The maximum atomic E-state index is 15.2. The molecule has 5 fully saturated rings. The van der Waals surface area contributed by atoms with Gasteiger partial charge in [-0.3, -0.25) is 25.2 Å². The molecule has 1 amide bonds. The number of piperidine rings is 1. The second-order valence-electron chi connectivity index (χ2n) is 14.1. The summed E-state index contributed by atoms with van der Waals surface area (Å²) in [5.74, 6) is 0.637. The number of β-amino-alcohol motifs (C(OH)–C–C–N with tert-alkyl or cyclic N) is 1. The average Bonchev–Trinajstić information content (AvgIpc) is 3.34. The monoisotopic (exact) mass is 663 g/mol. The highest BCUT2D eigenvalue weighted by molar-refractivity contribution is 6.21. The van der Waals surface area contributed by atoms with Crippen LogP contribution in [-0.2, 0) is 9.53 Å². The number of rotatable bonds is 14. The molecule has 7 N–H and O–H groups in total. The van der Waals surface area contributed by atoms with Crippen LogP contribution in [0.4, 0.5) is 4.39 Å². The van der Waals surface area contributed by atoms with Crippen LogP contribution in [-0.4, -0.2) is 166 Å². The van der Waals surface area contributed by atoms with Gasteiger partial charge in [0.1, 0.15) is 30.8 Å². The third-order valence-electron chi connectivity index (χ3n) is 10.9. The summed E-state index contributed by atoms with van der Waals surface area (Å²) in [7, 11) is 0. The second kappa shape index (κ2) is 16.6. The van der Waals surface area contributed by atoms with Crippen LogP contribution in [0.2, 0.25) is 0 Å². The molecule has 12 nitrogen and oxygen atoms in total. The minimum Gasteiger partial charge on any atom is -0.394 e. The van der Waals surface area contributed by atoms with Gasteiger partial charge in [0.25, 0.3) is 0 Å². The van der Waals surface area contributed by atoms with Crippen molar-refractivity contribution in [1.29, 1.82) is 0 Å². The summed E-state index contributed by atoms with van der Waals surface area (Å²) >= 11 is 6.16. The van der Waals surface area contributed by atoms with Crippen LogP contribution in [0.25, 0.3) is 0 Å². The molecule has 0 aromatic heterocycles. The molecule has 0 aromatic rings. The molecule has 260 valence electrons. The maximum Gasteiger partial charge on any atom is 0.223 e. The fraction of sp³-hybridized carbons (Fsp3) is 0.968. The van der Waals surface area contributed by atoms with E-state index in [1.54, 1.807) is 0 Å². The van der Waals surface area contributed by atoms with Crippen molar-refractivity contribution < 1.29 is 39.5 Å². The van der Waals surface area contributed by atoms with Crippen LogP contribution in [0.1, 0.15) is 51.4 Å². The molecule has 5 aliphatic rings. The maximum absolute atomic E-state index is 15.2. The van der Waals surface area contributed by atoms with Gasteiger partial charge in [0, 0.05) is 77.7 Å². The van der Waals surface area contributed by atoms with Gasteiger partial charge in [0.15, 0.2) is 0 Å². The van der Waals surface area contributed by atoms with Gasteiger partial charge in [0.05, 0.1) is 30.2 Å². The highest BCUT2D eigenvalue weighted by Crippen LogP contribution is 2.37. The summed E-state index contributed by atoms with van der Waals surface area (Å²) in [5.41, 5.74) is 0. The summed E-state index contributed by atoms with van der Waals surface area (Å²) in [5, 5.41) is 55.9. The van der Waals surface area contributed by atoms with Crippen molar-refractivity contribution in [3.63, 3.8) is 0 Å². The molecule has 5 rings (SSSR count). The van der Waals surface area contributed by atoms with Gasteiger partial charge < -0.3 is 35.2 Å². The summed E-state index contributed by atoms with van der Waals surface area (Å²) < 4.78 is 21.3. The molecule has 4 heterocycles. The quantitative estimate of drug-likeness (QED) is 0.0907. The normalized spacial score (nSPS) is 36.2. The highest BCUT2D eigenvalue weighted by Gasteiger charge is 2.49. The molecule has 3 unspecified atom stereocenters. The topological polar surface area (TPSA) is 161 Å². The lowest BCUT2D eigenvalue weighted by Gasteiger charge is -2.44. The number of aliphatic hydroxyl groups excluding tert-OH is 5. The second-order valence-corrected chi connectivity index (χ2v) is 14.7. The molecular formula is C31H55ClFN5O7. The summed E-state index contributed by atoms with van der Waals surface area (Å²) in [6.07, 6.45) is -0.588. The van der Waals surface area contributed by atoms with E-state index in [0.29, 0.717) is 45.0 Å². The predicted octanol–water partition coefficient (Wildman–Crippen LogP) is -0.946. The molecule has 4 saturated heterocycles. The average molecular weight is 664 g/mol. The van der Waals surface area contributed by atoms with E-state index in [1.165, 1.54) is 12.8 Å². The van der Waals surface area contributed by atoms with E-state index >= 15 is 4.39 Å². The van der Waals surface area contributed by atoms with Crippen LogP contribution < -0.4 is 10.6 Å². The number of halogens is 2. The lowest BCUT2D eigenvalue weighted by molar-refractivity contribution is -0.143. The summed E-state index contributed by atoms with van der Waals surface area (Å²) in [4.78, 5) is 19.3. The molecule has 9 atom stereocenters. The first-order chi connectivity index (χ1) is 21.6. The minimum atomic E-state index is -1.66. The summed E-state index contributed by atoms with van der Waals surface area (Å²) in [6, 6.07) is -0.000917. The van der Waals surface area contributed by atoms with E-state index in [-0.39, 0.29) is 54.5 Å². The van der Waals surface area contributed by atoms with E-state index in [2.05, 4.69) is 15.5 Å². The van der Waals surface area contributed by atoms with Crippen molar-refractivity contribution >= 4 is 17.5 Å². The Balaban J connectivity index is 0.933. The largest absolute Gasteiger partial charge is 0.394 e. The van der Waals surface area contributed by atoms with E-state index in [1.807, 2.05) is 9.80 Å². The SMILES string of the molecule is O=C(CC1CCC(OCCCC2CCN(C3NCC(Cl)CN3)CC2)CC1F)N1C[C@@H]2CN(C[C@H](O)[C@@H](O)[C@H](O)[C@H](O)CO)C[C@@H]21. The Morgan fingerprint density at radius 3 is 2.38 bits per heavy atom. The third-order valence-corrected chi connectivity index (χ3v) is 11.2. The zero-order valence-electron chi connectivity index (χ0n) is 26.3. The standard InChI is InChI=1S/C31H55ClFN5O7/c32-22-12-34-31(35-13-22)37-7-5-19(6-8-37)2-1-9-45-23-4-3-20(24(33)11-23)10-28(42)38-15-21-14-36(16-25(21)38)17-26(40)29(43)30(44)27(41)18-39/h19-27,29-31,34-35,39-41,43-44H,1-18H2/t20?,21-,22?,23?,24?,25-,26-,27+,29+,30+,31?/m0/s1. The molecule has 1 saturated carbocycles. The van der Waals surface area contributed by atoms with Crippen LogP contribution in [0.5, 0.6) is 0 Å². The lowest BCUT2D eigenvalue weighted by Crippen LogP contribution is -2.62. The molecule has 0 spiro atoms. The molecule has 14 heteroatoms. The number of amides is 1. The Kier molecular flexibility index (Phi) is 13.1. The first kappa shape index (κ1) is 35.6. The number of ether oxygens (including phenoxy) is 1. The van der Waals surface area contributed by atoms with Crippen molar-refractivity contribution in [2.24, 2.45) is 17.8 Å². The number of nitrogens with one attached hydrogen (secondary N) is 2. The number of alkyl halides is 2. The number of hydrogen-bond acceptors (Lipinski definition) is 11. The van der Waals surface area contributed by atoms with E-state index < -0.39 is 37.2 Å². The number of carbonyl (C=O) groups excluding carboxylic acids is 1. The van der Waals surface area contributed by atoms with E-state index in [4.69, 9.17) is 21.4 Å². The van der Waals surface area contributed by atoms with Crippen molar-refractivity contribution in [2.45, 2.75) is 106 Å². The van der Waals surface area contributed by atoms with Crippen molar-refractivity contribution in [2.75, 3.05) is 65.6 Å². The lowest BCUT2D eigenvalue weighted by atomic mass is 9.82. The van der Waals surface area contributed by atoms with Crippen LogP contribution in [0, 0.1) is 17.8 Å². The van der Waals surface area contributed by atoms with Crippen molar-refractivity contribution in [1.82, 2.24) is 25.3 Å². The fourth-order valence-corrected chi connectivity index (χ4v) is 8.14. The van der Waals surface area contributed by atoms with Gasteiger partial charge in [0.2, 0.25) is 5.91 Å². The number of hydrogen-bond donors (Lipinski definition) is 7. The number of likely N-dealkylation sites (tertiary alicyclic amines) is 3. The smallest absolute Gasteiger partial charge is 0.223 e. The number of fused-ring (bicyclic) bond motifs is 1. The Morgan fingerprint density at radius 1 is 0.978 bits per heavy atom. The van der Waals surface area contributed by atoms with Gasteiger partial charge >= 0.3 is 0 Å². The fourth-order valence-electron chi connectivity index (χ4n) is 7.96. The zero-order chi connectivity index (χ0) is 32.1. The van der Waals surface area contributed by atoms with Crippen molar-refractivity contribution in [3.8, 4) is 0 Å². The zero-order valence-corrected chi connectivity index (χ0v) is 27.1. The Morgan fingerprint density at radius 2 is 1.69 bits per heavy atom. The Hall–Kier alpha value is -0.710.